The van der Waals surface area contributed by atoms with Gasteiger partial charge in [-0.1, -0.05) is 19.1 Å². The van der Waals surface area contributed by atoms with Gasteiger partial charge in [0.05, 0.1) is 28.4 Å². The smallest absolute Gasteiger partial charge is 0.164 e. The zero-order chi connectivity index (χ0) is 16.1. The Bertz CT molecular complexity index is 620. The summed E-state index contributed by atoms with van der Waals surface area (Å²) in [6, 6.07) is 11.8. The van der Waals surface area contributed by atoms with Crippen molar-refractivity contribution in [1.29, 1.82) is 0 Å². The normalized spacial score (nSPS) is 11.7. The second-order valence-electron chi connectivity index (χ2n) is 4.94. The van der Waals surface area contributed by atoms with E-state index in [1.165, 1.54) is 5.56 Å². The van der Waals surface area contributed by atoms with Crippen LogP contribution < -0.4 is 18.9 Å². The van der Waals surface area contributed by atoms with Crippen LogP contribution in [-0.4, -0.2) is 28.4 Å². The molecule has 0 spiro atoms. The van der Waals surface area contributed by atoms with Gasteiger partial charge in [0.1, 0.15) is 11.5 Å². The van der Waals surface area contributed by atoms with Crippen LogP contribution in [0, 0.1) is 0 Å². The molecule has 1 atom stereocenters. The van der Waals surface area contributed by atoms with Crippen molar-refractivity contribution in [2.24, 2.45) is 0 Å². The van der Waals surface area contributed by atoms with Crippen molar-refractivity contribution in [2.45, 2.75) is 12.8 Å². The first-order valence-electron chi connectivity index (χ1n) is 7.08. The van der Waals surface area contributed by atoms with Gasteiger partial charge in [-0.05, 0) is 23.8 Å². The van der Waals surface area contributed by atoms with Gasteiger partial charge in [0.2, 0.25) is 0 Å². The molecule has 0 saturated heterocycles. The first kappa shape index (κ1) is 16.0. The lowest BCUT2D eigenvalue weighted by molar-refractivity contribution is 0.347. The molecule has 0 aliphatic carbocycles. The molecular weight excluding hydrogens is 280 g/mol. The van der Waals surface area contributed by atoms with Gasteiger partial charge < -0.3 is 18.9 Å². The number of ether oxygens (including phenoxy) is 4. The quantitative estimate of drug-likeness (QED) is 0.811. The largest absolute Gasteiger partial charge is 0.497 e. The molecule has 2 rings (SSSR count). The van der Waals surface area contributed by atoms with Gasteiger partial charge in [0.25, 0.3) is 0 Å². The van der Waals surface area contributed by atoms with E-state index in [0.717, 1.165) is 17.1 Å². The van der Waals surface area contributed by atoms with Gasteiger partial charge in [0, 0.05) is 17.5 Å². The Hall–Kier alpha value is -2.36. The van der Waals surface area contributed by atoms with Crippen molar-refractivity contribution in [3.05, 3.63) is 47.5 Å². The fraction of sp³-hybridized carbons (Fsp3) is 0.333. The van der Waals surface area contributed by atoms with Crippen molar-refractivity contribution >= 4 is 0 Å². The highest BCUT2D eigenvalue weighted by Crippen LogP contribution is 2.40. The Morgan fingerprint density at radius 2 is 1.23 bits per heavy atom. The molecule has 4 heteroatoms. The average molecular weight is 302 g/mol. The van der Waals surface area contributed by atoms with Gasteiger partial charge in [-0.3, -0.25) is 0 Å². The van der Waals surface area contributed by atoms with Gasteiger partial charge >= 0.3 is 0 Å². The second kappa shape index (κ2) is 7.07. The lowest BCUT2D eigenvalue weighted by Gasteiger charge is -2.19. The summed E-state index contributed by atoms with van der Waals surface area (Å²) in [6.45, 7) is 2.13. The number of rotatable bonds is 6. The third-order valence-corrected chi connectivity index (χ3v) is 3.82. The number of methoxy groups -OCH3 is 4. The summed E-state index contributed by atoms with van der Waals surface area (Å²) < 4.78 is 21.4. The first-order valence-corrected chi connectivity index (χ1v) is 7.08. The molecule has 0 fully saturated rings. The molecule has 22 heavy (non-hydrogen) atoms. The Balaban J connectivity index is 2.44. The summed E-state index contributed by atoms with van der Waals surface area (Å²) in [5, 5.41) is 0. The molecule has 0 aliphatic heterocycles. The minimum Gasteiger partial charge on any atom is -0.497 e. The molecule has 0 bridgehead atoms. The van der Waals surface area contributed by atoms with E-state index >= 15 is 0 Å². The van der Waals surface area contributed by atoms with Crippen molar-refractivity contribution in [2.75, 3.05) is 28.4 Å². The minimum absolute atomic E-state index is 0.153. The molecule has 0 unspecified atom stereocenters. The van der Waals surface area contributed by atoms with E-state index < -0.39 is 0 Å². The average Bonchev–Trinajstić information content (AvgIpc) is 2.59. The van der Waals surface area contributed by atoms with Crippen molar-refractivity contribution in [3.8, 4) is 23.0 Å². The van der Waals surface area contributed by atoms with E-state index in [4.69, 9.17) is 18.9 Å². The predicted octanol–water partition coefficient (Wildman–Crippen LogP) is 3.87. The van der Waals surface area contributed by atoms with E-state index in [2.05, 4.69) is 19.1 Å². The third-order valence-electron chi connectivity index (χ3n) is 3.82. The maximum atomic E-state index is 5.51. The lowest BCUT2D eigenvalue weighted by atomic mass is 9.92. The Kier molecular flexibility index (Phi) is 5.15. The van der Waals surface area contributed by atoms with Gasteiger partial charge in [-0.25, -0.2) is 0 Å². The highest BCUT2D eigenvalue weighted by atomic mass is 16.5. The molecule has 0 heterocycles. The summed E-state index contributed by atoms with van der Waals surface area (Å²) in [6.07, 6.45) is 0. The van der Waals surface area contributed by atoms with Crippen molar-refractivity contribution in [3.63, 3.8) is 0 Å². The van der Waals surface area contributed by atoms with Crippen LogP contribution in [0.5, 0.6) is 23.0 Å². The number of hydrogen-bond acceptors (Lipinski definition) is 4. The summed E-state index contributed by atoms with van der Waals surface area (Å²) in [7, 11) is 6.57. The fourth-order valence-corrected chi connectivity index (χ4v) is 2.46. The van der Waals surface area contributed by atoms with Crippen LogP contribution in [0.25, 0.3) is 0 Å². The second-order valence-corrected chi connectivity index (χ2v) is 4.94. The summed E-state index contributed by atoms with van der Waals surface area (Å²) in [4.78, 5) is 0. The molecule has 4 nitrogen and oxygen atoms in total. The highest BCUT2D eigenvalue weighted by Gasteiger charge is 2.18. The zero-order valence-electron chi connectivity index (χ0n) is 13.7. The van der Waals surface area contributed by atoms with E-state index in [0.29, 0.717) is 11.5 Å². The van der Waals surface area contributed by atoms with E-state index in [9.17, 15) is 0 Å². The van der Waals surface area contributed by atoms with Gasteiger partial charge in [0.15, 0.2) is 11.5 Å². The minimum atomic E-state index is 0.153. The standard InChI is InChI=1S/C18H22O4/c1-12(13-6-8-14(19-2)9-7-13)15-10-17(21-4)18(22-5)11-16(15)20-3/h6-12H,1-5H3/t12-/m0/s1. The highest BCUT2D eigenvalue weighted by molar-refractivity contribution is 5.53. The van der Waals surface area contributed by atoms with Crippen LogP contribution in [-0.2, 0) is 0 Å². The summed E-state index contributed by atoms with van der Waals surface area (Å²) in [5.74, 6) is 3.13. The van der Waals surface area contributed by atoms with E-state index in [1.54, 1.807) is 28.4 Å². The Morgan fingerprint density at radius 1 is 0.682 bits per heavy atom. The van der Waals surface area contributed by atoms with Crippen LogP contribution in [0.3, 0.4) is 0 Å². The third kappa shape index (κ3) is 3.11. The van der Waals surface area contributed by atoms with Crippen LogP contribution in [0.15, 0.2) is 36.4 Å². The molecule has 0 aromatic heterocycles. The molecule has 0 N–H and O–H groups in total. The van der Waals surface area contributed by atoms with Crippen LogP contribution in [0.4, 0.5) is 0 Å². The molecular formula is C18H22O4. The van der Waals surface area contributed by atoms with E-state index in [1.807, 2.05) is 24.3 Å². The topological polar surface area (TPSA) is 36.9 Å². The zero-order valence-corrected chi connectivity index (χ0v) is 13.7. The summed E-state index contributed by atoms with van der Waals surface area (Å²) in [5.41, 5.74) is 2.22. The molecule has 2 aromatic rings. The van der Waals surface area contributed by atoms with Crippen LogP contribution in [0.1, 0.15) is 24.0 Å². The fourth-order valence-electron chi connectivity index (χ4n) is 2.46. The van der Waals surface area contributed by atoms with Crippen molar-refractivity contribution in [1.82, 2.24) is 0 Å². The Morgan fingerprint density at radius 3 is 1.73 bits per heavy atom. The molecule has 0 radical (unpaired) electrons. The maximum absolute atomic E-state index is 5.51. The maximum Gasteiger partial charge on any atom is 0.164 e. The first-order chi connectivity index (χ1) is 10.6. The van der Waals surface area contributed by atoms with Gasteiger partial charge in [-0.15, -0.1) is 0 Å². The predicted molar refractivity (Wildman–Crippen MR) is 86.6 cm³/mol. The monoisotopic (exact) mass is 302 g/mol. The molecule has 118 valence electrons. The molecule has 0 saturated carbocycles. The Labute approximate surface area is 131 Å². The number of benzene rings is 2. The molecule has 2 aromatic carbocycles. The van der Waals surface area contributed by atoms with E-state index in [-0.39, 0.29) is 5.92 Å². The van der Waals surface area contributed by atoms with Gasteiger partial charge in [-0.2, -0.15) is 0 Å². The van der Waals surface area contributed by atoms with Crippen LogP contribution in [0.2, 0.25) is 0 Å². The lowest BCUT2D eigenvalue weighted by Crippen LogP contribution is -2.02. The number of hydrogen-bond donors (Lipinski definition) is 0. The molecule has 0 aliphatic rings. The molecule has 0 amide bonds. The SMILES string of the molecule is COc1ccc([C@H](C)c2cc(OC)c(OC)cc2OC)cc1. The summed E-state index contributed by atoms with van der Waals surface area (Å²) >= 11 is 0. The van der Waals surface area contributed by atoms with Crippen LogP contribution >= 0.6 is 0 Å². The van der Waals surface area contributed by atoms with Crippen molar-refractivity contribution < 1.29 is 18.9 Å².